The fourth-order valence-electron chi connectivity index (χ4n) is 2.19. The molecule has 5 nitrogen and oxygen atoms in total. The van der Waals surface area contributed by atoms with E-state index in [9.17, 15) is 4.39 Å². The monoisotopic (exact) mass is 443 g/mol. The molecule has 0 fully saturated rings. The van der Waals surface area contributed by atoms with Gasteiger partial charge in [-0.3, -0.25) is 0 Å². The molecule has 2 aromatic carbocycles. The van der Waals surface area contributed by atoms with Crippen molar-refractivity contribution in [1.82, 2.24) is 0 Å². The number of hydrogen-bond acceptors (Lipinski definition) is 3. The van der Waals surface area contributed by atoms with Crippen LogP contribution in [0.4, 0.5) is 10.1 Å². The van der Waals surface area contributed by atoms with Crippen molar-refractivity contribution in [3.63, 3.8) is 0 Å². The second-order valence-electron chi connectivity index (χ2n) is 5.16. The van der Waals surface area contributed by atoms with E-state index in [2.05, 4.69) is 10.3 Å². The van der Waals surface area contributed by atoms with E-state index < -0.39 is 0 Å². The smallest absolute Gasteiger partial charge is 0.193 e. The number of halogens is 2. The van der Waals surface area contributed by atoms with E-state index >= 15 is 0 Å². The molecule has 7 heteroatoms. The van der Waals surface area contributed by atoms with Crippen molar-refractivity contribution in [3.8, 4) is 11.5 Å². The Kier molecular flexibility index (Phi) is 6.65. The molecule has 0 radical (unpaired) electrons. The van der Waals surface area contributed by atoms with Crippen LogP contribution in [0.5, 0.6) is 11.5 Å². The third kappa shape index (κ3) is 4.98. The average Bonchev–Trinajstić information content (AvgIpc) is 2.79. The lowest BCUT2D eigenvalue weighted by molar-refractivity contribution is 0.297. The predicted octanol–water partition coefficient (Wildman–Crippen LogP) is 3.53. The second kappa shape index (κ2) is 8.72. The van der Waals surface area contributed by atoms with Gasteiger partial charge in [0.05, 0.1) is 19.8 Å². The molecular formula is C17H19FIN3O2. The number of nitrogens with one attached hydrogen (secondary N) is 1. The Bertz CT molecular complexity index is 707. The lowest BCUT2D eigenvalue weighted by Gasteiger charge is -2.10. The average molecular weight is 443 g/mol. The zero-order chi connectivity index (χ0) is 16.1. The number of hydrogen-bond donors (Lipinski definition) is 2. The van der Waals surface area contributed by atoms with E-state index in [0.29, 0.717) is 25.5 Å². The second-order valence-corrected chi connectivity index (χ2v) is 5.16. The number of rotatable bonds is 3. The highest BCUT2D eigenvalue weighted by molar-refractivity contribution is 14.0. The quantitative estimate of drug-likeness (QED) is 0.433. The molecule has 24 heavy (non-hydrogen) atoms. The summed E-state index contributed by atoms with van der Waals surface area (Å²) in [4.78, 5) is 4.24. The van der Waals surface area contributed by atoms with Gasteiger partial charge in [-0.1, -0.05) is 12.1 Å². The summed E-state index contributed by atoms with van der Waals surface area (Å²) in [6.45, 7) is 1.66. The van der Waals surface area contributed by atoms with E-state index in [-0.39, 0.29) is 35.8 Å². The first-order valence-corrected chi connectivity index (χ1v) is 7.42. The Hall–Kier alpha value is -2.03. The molecule has 0 atom stereocenters. The number of benzene rings is 2. The minimum Gasteiger partial charge on any atom is -0.490 e. The van der Waals surface area contributed by atoms with Gasteiger partial charge in [0, 0.05) is 18.2 Å². The molecule has 1 aliphatic rings. The van der Waals surface area contributed by atoms with Crippen molar-refractivity contribution in [1.29, 1.82) is 0 Å². The maximum atomic E-state index is 12.8. The molecule has 1 aliphatic heterocycles. The van der Waals surface area contributed by atoms with Crippen LogP contribution in [-0.2, 0) is 6.54 Å². The minimum atomic E-state index is -0.268. The Labute approximate surface area is 157 Å². The minimum absolute atomic E-state index is 0. The third-order valence-electron chi connectivity index (χ3n) is 3.37. The Morgan fingerprint density at radius 1 is 1.08 bits per heavy atom. The zero-order valence-corrected chi connectivity index (χ0v) is 15.3. The molecule has 0 unspecified atom stereocenters. The van der Waals surface area contributed by atoms with Gasteiger partial charge in [0.2, 0.25) is 0 Å². The summed E-state index contributed by atoms with van der Waals surface area (Å²) in [6, 6.07) is 11.7. The van der Waals surface area contributed by atoms with Crippen LogP contribution in [-0.4, -0.2) is 19.2 Å². The molecule has 0 saturated heterocycles. The predicted molar refractivity (Wildman–Crippen MR) is 103 cm³/mol. The fourth-order valence-corrected chi connectivity index (χ4v) is 2.19. The maximum Gasteiger partial charge on any atom is 0.193 e. The van der Waals surface area contributed by atoms with E-state index in [1.807, 2.05) is 18.2 Å². The highest BCUT2D eigenvalue weighted by Gasteiger charge is 2.10. The zero-order valence-electron chi connectivity index (χ0n) is 13.0. The number of aliphatic imine (C=N–C) groups is 1. The normalized spacial score (nSPS) is 13.6. The number of nitrogens with two attached hydrogens (primary N) is 1. The van der Waals surface area contributed by atoms with Gasteiger partial charge in [-0.15, -0.1) is 24.0 Å². The first kappa shape index (κ1) is 18.3. The number of anilines is 1. The molecular weight excluding hydrogens is 424 g/mol. The number of nitrogens with zero attached hydrogens (tertiary/aromatic N) is 1. The van der Waals surface area contributed by atoms with Crippen LogP contribution >= 0.6 is 24.0 Å². The number of fused-ring (bicyclic) bond motifs is 1. The summed E-state index contributed by atoms with van der Waals surface area (Å²) in [5.41, 5.74) is 7.54. The van der Waals surface area contributed by atoms with Crippen molar-refractivity contribution >= 4 is 35.6 Å². The lowest BCUT2D eigenvalue weighted by atomic mass is 10.2. The first-order valence-electron chi connectivity index (χ1n) is 7.42. The summed E-state index contributed by atoms with van der Waals surface area (Å²) in [5.74, 6) is 1.44. The molecule has 0 amide bonds. The lowest BCUT2D eigenvalue weighted by Crippen LogP contribution is -2.22. The maximum absolute atomic E-state index is 12.8. The molecule has 0 saturated carbocycles. The van der Waals surface area contributed by atoms with Crippen molar-refractivity contribution < 1.29 is 13.9 Å². The SMILES string of the molecule is I.NC(=NCc1ccc(F)cc1)Nc1ccc2c(c1)OCCCO2. The summed E-state index contributed by atoms with van der Waals surface area (Å²) >= 11 is 0. The van der Waals surface area contributed by atoms with Crippen molar-refractivity contribution in [3.05, 3.63) is 53.8 Å². The Morgan fingerprint density at radius 3 is 2.54 bits per heavy atom. The van der Waals surface area contributed by atoms with Gasteiger partial charge in [-0.05, 0) is 29.8 Å². The third-order valence-corrected chi connectivity index (χ3v) is 3.37. The first-order chi connectivity index (χ1) is 11.2. The number of guanidine groups is 1. The van der Waals surface area contributed by atoms with Crippen LogP contribution in [0.2, 0.25) is 0 Å². The molecule has 0 bridgehead atoms. The van der Waals surface area contributed by atoms with Crippen LogP contribution < -0.4 is 20.5 Å². The van der Waals surface area contributed by atoms with Crippen LogP contribution in [0.15, 0.2) is 47.5 Å². The highest BCUT2D eigenvalue weighted by atomic mass is 127. The highest BCUT2D eigenvalue weighted by Crippen LogP contribution is 2.32. The van der Waals surface area contributed by atoms with Crippen molar-refractivity contribution in [2.45, 2.75) is 13.0 Å². The van der Waals surface area contributed by atoms with Crippen molar-refractivity contribution in [2.24, 2.45) is 10.7 Å². The Morgan fingerprint density at radius 2 is 1.79 bits per heavy atom. The summed E-state index contributed by atoms with van der Waals surface area (Å²) in [5, 5.41) is 3.01. The van der Waals surface area contributed by atoms with Gasteiger partial charge >= 0.3 is 0 Å². The van der Waals surface area contributed by atoms with Crippen LogP contribution in [0.3, 0.4) is 0 Å². The molecule has 0 aliphatic carbocycles. The topological polar surface area (TPSA) is 68.9 Å². The van der Waals surface area contributed by atoms with Gasteiger partial charge in [0.1, 0.15) is 5.82 Å². The molecule has 3 rings (SSSR count). The van der Waals surface area contributed by atoms with E-state index in [1.54, 1.807) is 12.1 Å². The molecule has 0 spiro atoms. The van der Waals surface area contributed by atoms with Gasteiger partial charge in [0.15, 0.2) is 17.5 Å². The largest absolute Gasteiger partial charge is 0.490 e. The molecule has 128 valence electrons. The standard InChI is InChI=1S/C17H18FN3O2.HI/c18-13-4-2-12(3-5-13)11-20-17(19)21-14-6-7-15-16(10-14)23-9-1-8-22-15;/h2-7,10H,1,8-9,11H2,(H3,19,20,21);1H. The van der Waals surface area contributed by atoms with Gasteiger partial charge in [0.25, 0.3) is 0 Å². The van der Waals surface area contributed by atoms with Gasteiger partial charge in [-0.2, -0.15) is 0 Å². The molecule has 2 aromatic rings. The number of ether oxygens (including phenoxy) is 2. The fraction of sp³-hybridized carbons (Fsp3) is 0.235. The van der Waals surface area contributed by atoms with E-state index in [0.717, 1.165) is 23.4 Å². The summed E-state index contributed by atoms with van der Waals surface area (Å²) in [6.07, 6.45) is 0.860. The molecule has 3 N–H and O–H groups in total. The van der Waals surface area contributed by atoms with Gasteiger partial charge < -0.3 is 20.5 Å². The van der Waals surface area contributed by atoms with Crippen molar-refractivity contribution in [2.75, 3.05) is 18.5 Å². The van der Waals surface area contributed by atoms with Crippen LogP contribution in [0.1, 0.15) is 12.0 Å². The van der Waals surface area contributed by atoms with E-state index in [4.69, 9.17) is 15.2 Å². The van der Waals surface area contributed by atoms with E-state index in [1.165, 1.54) is 12.1 Å². The molecule has 0 aromatic heterocycles. The van der Waals surface area contributed by atoms with Crippen LogP contribution in [0, 0.1) is 5.82 Å². The summed E-state index contributed by atoms with van der Waals surface area (Å²) in [7, 11) is 0. The Balaban J connectivity index is 0.00000208. The van der Waals surface area contributed by atoms with Crippen LogP contribution in [0.25, 0.3) is 0 Å². The summed E-state index contributed by atoms with van der Waals surface area (Å²) < 4.78 is 24.1. The van der Waals surface area contributed by atoms with Gasteiger partial charge in [-0.25, -0.2) is 9.38 Å². The molecule has 1 heterocycles.